The lowest BCUT2D eigenvalue weighted by atomic mass is 10.0. The van der Waals surface area contributed by atoms with Crippen LogP contribution in [0.1, 0.15) is 130 Å². The third-order valence-corrected chi connectivity index (χ3v) is 5.40. The van der Waals surface area contributed by atoms with E-state index in [1.807, 2.05) is 0 Å². The molecule has 0 saturated carbocycles. The molecule has 0 radical (unpaired) electrons. The first-order valence-electron chi connectivity index (χ1n) is 11.4. The summed E-state index contributed by atoms with van der Waals surface area (Å²) in [6.07, 6.45) is 20.0. The van der Waals surface area contributed by atoms with Crippen molar-refractivity contribution in [3.8, 4) is 0 Å². The van der Waals surface area contributed by atoms with E-state index in [2.05, 4.69) is 6.92 Å². The summed E-state index contributed by atoms with van der Waals surface area (Å²) in [5.41, 5.74) is -1.35. The molecule has 0 aromatic heterocycles. The molecule has 0 fully saturated rings. The Morgan fingerprint density at radius 3 is 1.44 bits per heavy atom. The Morgan fingerprint density at radius 1 is 0.741 bits per heavy atom. The lowest BCUT2D eigenvalue weighted by Gasteiger charge is -2.30. The van der Waals surface area contributed by atoms with E-state index in [0.29, 0.717) is 12.8 Å². The largest absolute Gasteiger partial charge is 0.439 e. The van der Waals surface area contributed by atoms with E-state index in [1.54, 1.807) is 6.92 Å². The fourth-order valence-electron chi connectivity index (χ4n) is 3.19. The third kappa shape index (κ3) is 15.0. The van der Waals surface area contributed by atoms with Crippen LogP contribution in [0.4, 0.5) is 0 Å². The van der Waals surface area contributed by atoms with Crippen molar-refractivity contribution >= 4 is 5.97 Å². The van der Waals surface area contributed by atoms with Gasteiger partial charge < -0.3 is 4.74 Å². The number of nitrogens with zero attached hydrogens (tertiary/aromatic N) is 1. The molecule has 0 aliphatic heterocycles. The fraction of sp³-hybridized carbons (Fsp3) is 0.955. The third-order valence-electron chi connectivity index (χ3n) is 5.40. The summed E-state index contributed by atoms with van der Waals surface area (Å²) in [5, 5.41) is 18.3. The molecule has 2 N–H and O–H groups in total. The highest BCUT2D eigenvalue weighted by atomic mass is 16.8. The summed E-state index contributed by atoms with van der Waals surface area (Å²) in [7, 11) is 0. The van der Waals surface area contributed by atoms with Gasteiger partial charge in [-0.05, 0) is 18.6 Å². The fourth-order valence-corrected chi connectivity index (χ4v) is 3.19. The second-order valence-corrected chi connectivity index (χ2v) is 7.99. The van der Waals surface area contributed by atoms with Crippen LogP contribution in [-0.4, -0.2) is 27.3 Å². The van der Waals surface area contributed by atoms with E-state index in [1.165, 1.54) is 84.0 Å². The van der Waals surface area contributed by atoms with Gasteiger partial charge in [-0.1, -0.05) is 104 Å². The molecule has 27 heavy (non-hydrogen) atoms. The maximum atomic E-state index is 11.8. The average molecular weight is 388 g/mol. The lowest BCUT2D eigenvalue weighted by Crippen LogP contribution is -2.45. The Hall–Kier alpha value is -0.650. The summed E-state index contributed by atoms with van der Waals surface area (Å²) < 4.78 is 5.15. The highest BCUT2D eigenvalue weighted by Crippen LogP contribution is 2.19. The number of hydrogen-bond donors (Lipinski definition) is 2. The zero-order valence-electron chi connectivity index (χ0n) is 18.2. The number of esters is 1. The van der Waals surface area contributed by atoms with Crippen LogP contribution in [0.25, 0.3) is 0 Å². The second kappa shape index (κ2) is 17.4. The minimum atomic E-state index is -1.35. The van der Waals surface area contributed by atoms with Gasteiger partial charge in [0.1, 0.15) is 0 Å². The molecule has 5 nitrogen and oxygen atoms in total. The van der Waals surface area contributed by atoms with Crippen molar-refractivity contribution in [2.45, 2.75) is 136 Å². The maximum absolute atomic E-state index is 11.8. The van der Waals surface area contributed by atoms with Crippen molar-refractivity contribution in [2.24, 2.45) is 0 Å². The highest BCUT2D eigenvalue weighted by molar-refractivity contribution is 5.69. The van der Waals surface area contributed by atoms with Gasteiger partial charge in [-0.2, -0.15) is 0 Å². The monoisotopic (exact) mass is 387 g/mol. The van der Waals surface area contributed by atoms with Gasteiger partial charge in [0.25, 0.3) is 0 Å². The molecule has 0 bridgehead atoms. The zero-order valence-corrected chi connectivity index (χ0v) is 18.2. The molecule has 1 unspecified atom stereocenters. The average Bonchev–Trinajstić information content (AvgIpc) is 2.64. The Balaban J connectivity index is 3.37. The van der Waals surface area contributed by atoms with Crippen molar-refractivity contribution in [3.05, 3.63) is 0 Å². The second-order valence-electron chi connectivity index (χ2n) is 7.99. The number of carbonyl (C=O) groups is 1. The molecule has 0 aliphatic rings. The minimum absolute atomic E-state index is 0.0165. The van der Waals surface area contributed by atoms with Crippen molar-refractivity contribution in [2.75, 3.05) is 0 Å². The summed E-state index contributed by atoms with van der Waals surface area (Å²) in [6, 6.07) is 0. The lowest BCUT2D eigenvalue weighted by molar-refractivity contribution is -0.409. The van der Waals surface area contributed by atoms with Gasteiger partial charge in [0, 0.05) is 12.8 Å². The molecular weight excluding hydrogens is 342 g/mol. The molecule has 0 saturated heterocycles. The summed E-state index contributed by atoms with van der Waals surface area (Å²) in [5.74, 6) is -0.373. The topological polar surface area (TPSA) is 70.0 Å². The van der Waals surface area contributed by atoms with Gasteiger partial charge in [-0.25, -0.2) is 0 Å². The Morgan fingerprint density at radius 2 is 1.11 bits per heavy atom. The van der Waals surface area contributed by atoms with Gasteiger partial charge in [-0.3, -0.25) is 15.2 Å². The number of carbonyl (C=O) groups excluding carboxylic acids is 1. The summed E-state index contributed by atoms with van der Waals surface area (Å²) in [4.78, 5) is 11.8. The number of hydrogen-bond acceptors (Lipinski definition) is 5. The van der Waals surface area contributed by atoms with Crippen LogP contribution in [-0.2, 0) is 9.53 Å². The summed E-state index contributed by atoms with van der Waals surface area (Å²) >= 11 is 0. The van der Waals surface area contributed by atoms with E-state index in [4.69, 9.17) is 15.2 Å². The molecule has 0 aromatic rings. The van der Waals surface area contributed by atoms with Crippen LogP contribution in [0.3, 0.4) is 0 Å². The first kappa shape index (κ1) is 26.4. The van der Waals surface area contributed by atoms with Gasteiger partial charge in [0.15, 0.2) is 0 Å². The van der Waals surface area contributed by atoms with Crippen LogP contribution in [0.5, 0.6) is 0 Å². The van der Waals surface area contributed by atoms with Crippen LogP contribution in [0.2, 0.25) is 0 Å². The number of rotatable bonds is 19. The number of hydroxylamine groups is 2. The quantitative estimate of drug-likeness (QED) is 0.108. The van der Waals surface area contributed by atoms with Gasteiger partial charge >= 0.3 is 5.97 Å². The minimum Gasteiger partial charge on any atom is -0.439 e. The van der Waals surface area contributed by atoms with E-state index in [0.717, 1.165) is 19.3 Å². The molecule has 162 valence electrons. The molecule has 0 aromatic carbocycles. The van der Waals surface area contributed by atoms with Crippen LogP contribution < -0.4 is 0 Å². The van der Waals surface area contributed by atoms with E-state index in [9.17, 15) is 4.79 Å². The Bertz CT molecular complexity index is 349. The standard InChI is InChI=1S/C22H45NO4/c1-4-6-7-8-9-10-11-12-13-14-15-16-17-18-19-20-21(24)27-22(3,5-2)23(25)26/h25-26H,4-20H2,1-3H3. The van der Waals surface area contributed by atoms with Crippen molar-refractivity contribution in [3.63, 3.8) is 0 Å². The Kier molecular flexibility index (Phi) is 17.0. The molecule has 0 rings (SSSR count). The normalized spacial score (nSPS) is 13.7. The zero-order chi connectivity index (χ0) is 20.4. The van der Waals surface area contributed by atoms with Gasteiger partial charge in [0.05, 0.1) is 0 Å². The van der Waals surface area contributed by atoms with Crippen LogP contribution in [0, 0.1) is 0 Å². The van der Waals surface area contributed by atoms with Gasteiger partial charge in [0.2, 0.25) is 5.72 Å². The first-order valence-corrected chi connectivity index (χ1v) is 11.4. The van der Waals surface area contributed by atoms with E-state index in [-0.39, 0.29) is 11.2 Å². The molecule has 1 atom stereocenters. The van der Waals surface area contributed by atoms with E-state index >= 15 is 0 Å². The molecule has 0 spiro atoms. The predicted molar refractivity (Wildman–Crippen MR) is 110 cm³/mol. The van der Waals surface area contributed by atoms with Crippen LogP contribution >= 0.6 is 0 Å². The SMILES string of the molecule is CCCCCCCCCCCCCCCCCC(=O)OC(C)(CC)N(O)O. The highest BCUT2D eigenvalue weighted by Gasteiger charge is 2.32. The molecule has 0 aliphatic carbocycles. The molecular formula is C22H45NO4. The Labute approximate surface area is 167 Å². The molecule has 5 heteroatoms. The summed E-state index contributed by atoms with van der Waals surface area (Å²) in [6.45, 7) is 5.48. The van der Waals surface area contributed by atoms with Crippen LogP contribution in [0.15, 0.2) is 0 Å². The predicted octanol–water partition coefficient (Wildman–Crippen LogP) is 7.00. The van der Waals surface area contributed by atoms with Crippen molar-refractivity contribution in [1.82, 2.24) is 5.23 Å². The van der Waals surface area contributed by atoms with Crippen molar-refractivity contribution in [1.29, 1.82) is 0 Å². The smallest absolute Gasteiger partial charge is 0.307 e. The van der Waals surface area contributed by atoms with Crippen molar-refractivity contribution < 1.29 is 19.9 Å². The first-order chi connectivity index (χ1) is 13.0. The maximum Gasteiger partial charge on any atom is 0.307 e. The number of unbranched alkanes of at least 4 members (excludes halogenated alkanes) is 14. The molecule has 0 heterocycles. The number of ether oxygens (including phenoxy) is 1. The van der Waals surface area contributed by atoms with E-state index < -0.39 is 5.72 Å². The van der Waals surface area contributed by atoms with Gasteiger partial charge in [-0.15, -0.1) is 0 Å². The molecule has 0 amide bonds.